The van der Waals surface area contributed by atoms with Crippen molar-refractivity contribution in [2.75, 3.05) is 14.1 Å². The maximum atomic E-state index is 7.12. The van der Waals surface area contributed by atoms with Crippen LogP contribution in [0.5, 0.6) is 23.0 Å². The lowest BCUT2D eigenvalue weighted by atomic mass is 10.2. The van der Waals surface area contributed by atoms with E-state index in [9.17, 15) is 0 Å². The third-order valence-electron chi connectivity index (χ3n) is 4.50. The molecule has 0 bridgehead atoms. The van der Waals surface area contributed by atoms with Crippen LogP contribution in [0.25, 0.3) is 0 Å². The summed E-state index contributed by atoms with van der Waals surface area (Å²) in [5.74, 6) is 2.17. The average molecular weight is 432 g/mol. The van der Waals surface area contributed by atoms with E-state index in [0.29, 0.717) is 19.0 Å². The number of benzene rings is 4. The number of ether oxygens (including phenoxy) is 4. The maximum absolute atomic E-state index is 7.12. The van der Waals surface area contributed by atoms with Crippen molar-refractivity contribution in [3.63, 3.8) is 0 Å². The van der Waals surface area contributed by atoms with Gasteiger partial charge in [0.2, 0.25) is 0 Å². The molecule has 0 unspecified atom stereocenters. The van der Waals surface area contributed by atoms with Gasteiger partial charge in [-0.15, -0.1) is 0 Å². The molecule has 4 heteroatoms. The van der Waals surface area contributed by atoms with Gasteiger partial charge in [0.15, 0.2) is 23.0 Å². The van der Waals surface area contributed by atoms with Gasteiger partial charge < -0.3 is 18.9 Å². The van der Waals surface area contributed by atoms with Crippen molar-refractivity contribution < 1.29 is 23.1 Å². The molecule has 0 N–H and O–H groups in total. The van der Waals surface area contributed by atoms with Crippen LogP contribution >= 0.6 is 0 Å². The van der Waals surface area contributed by atoms with E-state index in [1.54, 1.807) is 31.4 Å². The van der Waals surface area contributed by atoms with Crippen molar-refractivity contribution in [1.29, 1.82) is 0 Å². The highest BCUT2D eigenvalue weighted by molar-refractivity contribution is 5.40. The highest BCUT2D eigenvalue weighted by Crippen LogP contribution is 2.27. The molecule has 164 valence electrons. The summed E-state index contributed by atoms with van der Waals surface area (Å²) in [5.41, 5.74) is 2.15. The molecule has 0 aliphatic carbocycles. The Kier molecular flexibility index (Phi) is 7.47. The maximum Gasteiger partial charge on any atom is 0.161 e. The summed E-state index contributed by atoms with van der Waals surface area (Å²) < 4.78 is 42.7. The van der Waals surface area contributed by atoms with Gasteiger partial charge in [-0.2, -0.15) is 0 Å². The smallest absolute Gasteiger partial charge is 0.161 e. The molecule has 0 saturated heterocycles. The first-order valence-corrected chi connectivity index (χ1v) is 10.2. The van der Waals surface area contributed by atoms with Crippen molar-refractivity contribution >= 4 is 0 Å². The fraction of sp³-hybridized carbons (Fsp3) is 0.143. The predicted octanol–water partition coefficient (Wildman–Crippen LogP) is 6.55. The van der Waals surface area contributed by atoms with Gasteiger partial charge in [0.05, 0.1) is 18.3 Å². The Labute approximate surface area is 194 Å². The monoisotopic (exact) mass is 431 g/mol. The summed E-state index contributed by atoms with van der Waals surface area (Å²) >= 11 is 0. The van der Waals surface area contributed by atoms with E-state index in [1.165, 1.54) is 0 Å². The number of hydrogen-bond acceptors (Lipinski definition) is 4. The molecule has 0 saturated carbocycles. The van der Waals surface area contributed by atoms with Gasteiger partial charge in [0, 0.05) is 0 Å². The zero-order valence-corrected chi connectivity index (χ0v) is 17.9. The van der Waals surface area contributed by atoms with E-state index >= 15 is 0 Å². The van der Waals surface area contributed by atoms with E-state index in [-0.39, 0.29) is 5.75 Å². The summed E-state index contributed by atoms with van der Waals surface area (Å²) in [6.45, 7) is 0.920. The van der Waals surface area contributed by atoms with Crippen molar-refractivity contribution in [3.05, 3.63) is 120 Å². The van der Waals surface area contributed by atoms with Gasteiger partial charge in [0.1, 0.15) is 13.2 Å². The van der Waals surface area contributed by atoms with Crippen molar-refractivity contribution in [2.24, 2.45) is 0 Å². The van der Waals surface area contributed by atoms with E-state index < -0.39 is 7.04 Å². The number of methoxy groups -OCH3 is 2. The Hall–Kier alpha value is -3.92. The molecule has 0 atom stereocenters. The minimum Gasteiger partial charge on any atom is -0.493 e. The van der Waals surface area contributed by atoms with Gasteiger partial charge in [-0.1, -0.05) is 84.9 Å². The fourth-order valence-electron chi connectivity index (χ4n) is 2.86. The molecule has 0 aromatic heterocycles. The number of para-hydroxylation sites is 4. The number of hydrogen-bond donors (Lipinski definition) is 0. The van der Waals surface area contributed by atoms with E-state index in [2.05, 4.69) is 0 Å². The molecule has 4 aromatic rings. The molecule has 4 nitrogen and oxygen atoms in total. The van der Waals surface area contributed by atoms with E-state index in [1.807, 2.05) is 84.9 Å². The molecule has 0 heterocycles. The summed E-state index contributed by atoms with van der Waals surface area (Å²) in [6.07, 6.45) is 0. The Morgan fingerprint density at radius 1 is 0.500 bits per heavy atom. The summed E-state index contributed by atoms with van der Waals surface area (Å²) in [4.78, 5) is 0. The second-order valence-electron chi connectivity index (χ2n) is 6.75. The van der Waals surface area contributed by atoms with Crippen LogP contribution in [0.4, 0.5) is 0 Å². The van der Waals surface area contributed by atoms with Gasteiger partial charge in [-0.3, -0.25) is 0 Å². The SMILES string of the molecule is COc1ccccc1OCc1ccccc1.[2H]C([2H])([2H])Oc1ccccc1OCc1ccccc1. The zero-order chi connectivity index (χ0) is 24.9. The first kappa shape index (κ1) is 18.8. The lowest BCUT2D eigenvalue weighted by Gasteiger charge is -2.09. The van der Waals surface area contributed by atoms with Crippen LogP contribution in [-0.2, 0) is 13.2 Å². The molecule has 0 fully saturated rings. The Bertz CT molecular complexity index is 1150. The van der Waals surface area contributed by atoms with Crippen LogP contribution in [0.2, 0.25) is 0 Å². The molecule has 0 aliphatic heterocycles. The second-order valence-corrected chi connectivity index (χ2v) is 6.75. The summed E-state index contributed by atoms with van der Waals surface area (Å²) in [6, 6.07) is 34.1. The Morgan fingerprint density at radius 3 is 1.28 bits per heavy atom. The fourth-order valence-corrected chi connectivity index (χ4v) is 2.86. The summed E-state index contributed by atoms with van der Waals surface area (Å²) in [7, 11) is -0.836. The highest BCUT2D eigenvalue weighted by atomic mass is 16.5. The van der Waals surface area contributed by atoms with Crippen LogP contribution in [0.15, 0.2) is 109 Å². The average Bonchev–Trinajstić information content (AvgIpc) is 2.88. The topological polar surface area (TPSA) is 36.9 Å². The van der Waals surface area contributed by atoms with Crippen LogP contribution in [0.1, 0.15) is 15.2 Å². The second kappa shape index (κ2) is 12.7. The lowest BCUT2D eigenvalue weighted by Crippen LogP contribution is -1.96. The minimum absolute atomic E-state index is 0.221. The molecular formula is C28H28O4. The quantitative estimate of drug-likeness (QED) is 0.317. The molecule has 4 rings (SSSR count). The lowest BCUT2D eigenvalue weighted by molar-refractivity contribution is 0.284. The van der Waals surface area contributed by atoms with Crippen molar-refractivity contribution in [2.45, 2.75) is 13.2 Å². The van der Waals surface area contributed by atoms with E-state index in [0.717, 1.165) is 22.6 Å². The third-order valence-corrected chi connectivity index (χ3v) is 4.50. The van der Waals surface area contributed by atoms with Gasteiger partial charge in [0.25, 0.3) is 0 Å². The largest absolute Gasteiger partial charge is 0.493 e. The van der Waals surface area contributed by atoms with E-state index in [4.69, 9.17) is 23.1 Å². The highest BCUT2D eigenvalue weighted by Gasteiger charge is 2.03. The first-order chi connectivity index (χ1) is 16.9. The van der Waals surface area contributed by atoms with Crippen LogP contribution in [0.3, 0.4) is 0 Å². The molecule has 0 radical (unpaired) electrons. The van der Waals surface area contributed by atoms with Gasteiger partial charge in [-0.25, -0.2) is 0 Å². The minimum atomic E-state index is -2.48. The molecule has 32 heavy (non-hydrogen) atoms. The van der Waals surface area contributed by atoms with Crippen molar-refractivity contribution in [3.8, 4) is 23.0 Å². The standard InChI is InChI=1S/2C14H14O2/c2*1-15-13-9-5-6-10-14(13)16-11-12-7-3-2-4-8-12/h2*2-10H,11H2,1H3/i1D3;. The third kappa shape index (κ3) is 7.10. The van der Waals surface area contributed by atoms with Crippen molar-refractivity contribution in [1.82, 2.24) is 0 Å². The zero-order valence-electron chi connectivity index (χ0n) is 20.9. The van der Waals surface area contributed by atoms with Crippen LogP contribution in [0, 0.1) is 0 Å². The molecule has 0 spiro atoms. The molecule has 0 aliphatic rings. The predicted molar refractivity (Wildman–Crippen MR) is 128 cm³/mol. The van der Waals surface area contributed by atoms with Gasteiger partial charge in [-0.05, 0) is 35.4 Å². The molecule has 0 amide bonds. The van der Waals surface area contributed by atoms with Crippen LogP contribution in [-0.4, -0.2) is 14.1 Å². The first-order valence-electron chi connectivity index (χ1n) is 11.7. The summed E-state index contributed by atoms with van der Waals surface area (Å²) in [5, 5.41) is 0. The normalized spacial score (nSPS) is 11.6. The van der Waals surface area contributed by atoms with Crippen LogP contribution < -0.4 is 18.9 Å². The number of rotatable bonds is 8. The van der Waals surface area contributed by atoms with Gasteiger partial charge >= 0.3 is 0 Å². The Morgan fingerprint density at radius 2 is 0.875 bits per heavy atom. The molecular weight excluding hydrogens is 400 g/mol. The molecule has 4 aromatic carbocycles. The Balaban J connectivity index is 0.000000198.